The minimum Gasteiger partial charge on any atom is -0.309 e. The van der Waals surface area contributed by atoms with Crippen LogP contribution in [0.15, 0.2) is 12.3 Å². The molecule has 0 aliphatic carbocycles. The number of aryl methyl sites for hydroxylation is 1. The van der Waals surface area contributed by atoms with Crippen LogP contribution in [0.2, 0.25) is 0 Å². The van der Waals surface area contributed by atoms with Gasteiger partial charge in [-0.3, -0.25) is 8.89 Å². The van der Waals surface area contributed by atoms with Crippen molar-refractivity contribution in [1.82, 2.24) is 15.1 Å². The molecule has 0 fully saturated rings. The van der Waals surface area contributed by atoms with E-state index in [1.54, 1.807) is 10.9 Å². The number of nitrogens with one attached hydrogen (secondary N) is 1. The fourth-order valence-corrected chi connectivity index (χ4v) is 1.97. The van der Waals surface area contributed by atoms with Gasteiger partial charge in [-0.2, -0.15) is 5.10 Å². The normalized spacial score (nSPS) is 15.1. The third-order valence-corrected chi connectivity index (χ3v) is 3.05. The van der Waals surface area contributed by atoms with Crippen molar-refractivity contribution in [3.63, 3.8) is 0 Å². The number of rotatable bonds is 6. The van der Waals surface area contributed by atoms with E-state index in [0.717, 1.165) is 24.4 Å². The van der Waals surface area contributed by atoms with Crippen LogP contribution in [-0.4, -0.2) is 32.0 Å². The topological polar surface area (TPSA) is 46.9 Å². The van der Waals surface area contributed by atoms with Crippen LogP contribution in [0, 0.1) is 0 Å². The Hall–Kier alpha value is -0.680. The molecule has 15 heavy (non-hydrogen) atoms. The Morgan fingerprint density at radius 1 is 1.67 bits per heavy atom. The minimum atomic E-state index is -0.690. The molecule has 0 bridgehead atoms. The molecule has 0 aliphatic heterocycles. The van der Waals surface area contributed by atoms with Gasteiger partial charge in [-0.1, -0.05) is 0 Å². The average molecular weight is 229 g/mol. The fourth-order valence-electron chi connectivity index (χ4n) is 1.28. The summed E-state index contributed by atoms with van der Waals surface area (Å²) in [5, 5.41) is 7.63. The summed E-state index contributed by atoms with van der Waals surface area (Å²) in [7, 11) is 1.22. The zero-order chi connectivity index (χ0) is 11.3. The van der Waals surface area contributed by atoms with Gasteiger partial charge in [-0.15, -0.1) is 0 Å². The average Bonchev–Trinajstić information content (AvgIpc) is 2.58. The second-order valence-corrected chi connectivity index (χ2v) is 5.38. The van der Waals surface area contributed by atoms with Crippen molar-refractivity contribution >= 4 is 10.8 Å². The van der Waals surface area contributed by atoms with E-state index in [0.29, 0.717) is 6.04 Å². The smallest absolute Gasteiger partial charge is 0.0762 e. The predicted molar refractivity (Wildman–Crippen MR) is 63.1 cm³/mol. The standard InChI is InChI=1S/C10H19N3OS/c1-9(5-7-15(3)14)11-8-10-4-6-13(2)12-10/h4,6,9,11H,5,7-8H2,1-3H3. The molecule has 86 valence electrons. The molecule has 0 radical (unpaired) electrons. The van der Waals surface area contributed by atoms with Crippen molar-refractivity contribution in [3.05, 3.63) is 18.0 Å². The van der Waals surface area contributed by atoms with Gasteiger partial charge in [0, 0.05) is 48.6 Å². The highest BCUT2D eigenvalue weighted by molar-refractivity contribution is 7.84. The van der Waals surface area contributed by atoms with Gasteiger partial charge in [0.1, 0.15) is 0 Å². The molecule has 0 aromatic carbocycles. The summed E-state index contributed by atoms with van der Waals surface area (Å²) >= 11 is 0. The summed E-state index contributed by atoms with van der Waals surface area (Å²) in [5.41, 5.74) is 1.04. The van der Waals surface area contributed by atoms with E-state index < -0.39 is 10.8 Å². The first-order valence-corrected chi connectivity index (χ1v) is 6.82. The number of hydrogen-bond donors (Lipinski definition) is 1. The Balaban J connectivity index is 2.22. The van der Waals surface area contributed by atoms with Crippen LogP contribution >= 0.6 is 0 Å². The van der Waals surface area contributed by atoms with E-state index in [4.69, 9.17) is 0 Å². The Morgan fingerprint density at radius 3 is 2.93 bits per heavy atom. The molecule has 1 aromatic rings. The van der Waals surface area contributed by atoms with Crippen LogP contribution < -0.4 is 5.32 Å². The predicted octanol–water partition coefficient (Wildman–Crippen LogP) is 0.667. The lowest BCUT2D eigenvalue weighted by molar-refractivity contribution is 0.526. The van der Waals surface area contributed by atoms with Crippen molar-refractivity contribution in [3.8, 4) is 0 Å². The molecule has 0 aliphatic rings. The molecule has 1 aromatic heterocycles. The molecule has 1 N–H and O–H groups in total. The molecule has 0 saturated heterocycles. The lowest BCUT2D eigenvalue weighted by Crippen LogP contribution is -2.27. The third-order valence-electron chi connectivity index (χ3n) is 2.24. The van der Waals surface area contributed by atoms with Gasteiger partial charge in [0.25, 0.3) is 0 Å². The maximum Gasteiger partial charge on any atom is 0.0762 e. The lowest BCUT2D eigenvalue weighted by atomic mass is 10.2. The molecule has 0 spiro atoms. The number of aromatic nitrogens is 2. The molecule has 0 amide bonds. The summed E-state index contributed by atoms with van der Waals surface area (Å²) in [5.74, 6) is 0.760. The maximum absolute atomic E-state index is 10.9. The molecular formula is C10H19N3OS. The van der Waals surface area contributed by atoms with Crippen molar-refractivity contribution in [2.45, 2.75) is 25.9 Å². The first kappa shape index (κ1) is 12.4. The molecule has 2 unspecified atom stereocenters. The van der Waals surface area contributed by atoms with E-state index in [9.17, 15) is 4.21 Å². The highest BCUT2D eigenvalue weighted by Gasteiger charge is 2.03. The van der Waals surface area contributed by atoms with Gasteiger partial charge in [-0.05, 0) is 19.4 Å². The zero-order valence-corrected chi connectivity index (χ0v) is 10.4. The van der Waals surface area contributed by atoms with Crippen molar-refractivity contribution < 1.29 is 4.21 Å². The zero-order valence-electron chi connectivity index (χ0n) is 9.56. The Morgan fingerprint density at radius 2 is 2.40 bits per heavy atom. The third kappa shape index (κ3) is 5.09. The van der Waals surface area contributed by atoms with Gasteiger partial charge < -0.3 is 5.32 Å². The number of hydrogen-bond acceptors (Lipinski definition) is 3. The molecular weight excluding hydrogens is 210 g/mol. The highest BCUT2D eigenvalue weighted by Crippen LogP contribution is 1.97. The van der Waals surface area contributed by atoms with Gasteiger partial charge in [-0.25, -0.2) is 0 Å². The molecule has 0 saturated carbocycles. The van der Waals surface area contributed by atoms with E-state index in [1.807, 2.05) is 19.3 Å². The highest BCUT2D eigenvalue weighted by atomic mass is 32.2. The maximum atomic E-state index is 10.9. The van der Waals surface area contributed by atoms with E-state index in [1.165, 1.54) is 0 Å². The first-order chi connectivity index (χ1) is 7.08. The molecule has 5 heteroatoms. The largest absolute Gasteiger partial charge is 0.309 e. The number of nitrogens with zero attached hydrogens (tertiary/aromatic N) is 2. The van der Waals surface area contributed by atoms with E-state index in [-0.39, 0.29) is 0 Å². The van der Waals surface area contributed by atoms with Crippen molar-refractivity contribution in [2.75, 3.05) is 12.0 Å². The molecule has 2 atom stereocenters. The Labute approximate surface area is 93.5 Å². The molecule has 1 rings (SSSR count). The van der Waals surface area contributed by atoms with Crippen LogP contribution in [-0.2, 0) is 24.4 Å². The van der Waals surface area contributed by atoms with E-state index in [2.05, 4.69) is 17.3 Å². The monoisotopic (exact) mass is 229 g/mol. The Bertz CT molecular complexity index is 324. The lowest BCUT2D eigenvalue weighted by Gasteiger charge is -2.11. The van der Waals surface area contributed by atoms with E-state index >= 15 is 0 Å². The summed E-state index contributed by atoms with van der Waals surface area (Å²) in [6.07, 6.45) is 4.62. The van der Waals surface area contributed by atoms with Crippen molar-refractivity contribution in [2.24, 2.45) is 7.05 Å². The minimum absolute atomic E-state index is 0.385. The second kappa shape index (κ2) is 6.02. The summed E-state index contributed by atoms with van der Waals surface area (Å²) in [4.78, 5) is 0. The van der Waals surface area contributed by atoms with Crippen LogP contribution in [0.5, 0.6) is 0 Å². The van der Waals surface area contributed by atoms with Gasteiger partial charge in [0.05, 0.1) is 5.69 Å². The van der Waals surface area contributed by atoms with Crippen LogP contribution in [0.3, 0.4) is 0 Å². The Kier molecular flexibility index (Phi) is 4.98. The SMILES string of the molecule is CC(CCS(C)=O)NCc1ccn(C)n1. The van der Waals surface area contributed by atoms with Gasteiger partial charge >= 0.3 is 0 Å². The van der Waals surface area contributed by atoms with Gasteiger partial charge in [0.2, 0.25) is 0 Å². The van der Waals surface area contributed by atoms with Crippen LogP contribution in [0.25, 0.3) is 0 Å². The summed E-state index contributed by atoms with van der Waals surface area (Å²) in [6, 6.07) is 2.38. The second-order valence-electron chi connectivity index (χ2n) is 3.83. The van der Waals surface area contributed by atoms with Gasteiger partial charge in [0.15, 0.2) is 0 Å². The molecule has 1 heterocycles. The quantitative estimate of drug-likeness (QED) is 0.780. The molecule has 4 nitrogen and oxygen atoms in total. The first-order valence-electron chi connectivity index (χ1n) is 5.10. The van der Waals surface area contributed by atoms with Crippen molar-refractivity contribution in [1.29, 1.82) is 0 Å². The van der Waals surface area contributed by atoms with Crippen LogP contribution in [0.1, 0.15) is 19.0 Å². The van der Waals surface area contributed by atoms with Crippen LogP contribution in [0.4, 0.5) is 0 Å². The summed E-state index contributed by atoms with van der Waals surface area (Å²) < 4.78 is 12.7. The fraction of sp³-hybridized carbons (Fsp3) is 0.700. The summed E-state index contributed by atoms with van der Waals surface area (Å²) in [6.45, 7) is 2.88.